The second kappa shape index (κ2) is 3.07. The minimum Gasteiger partial charge on any atom is -0.310 e. The Bertz CT molecular complexity index is 290. The molecule has 0 spiro atoms. The van der Waals surface area contributed by atoms with Crippen molar-refractivity contribution in [3.8, 4) is 0 Å². The maximum Gasteiger partial charge on any atom is 0.0671 e. The Morgan fingerprint density at radius 1 is 1.67 bits per heavy atom. The van der Waals surface area contributed by atoms with Crippen LogP contribution in [-0.2, 0) is 0 Å². The van der Waals surface area contributed by atoms with Gasteiger partial charge in [-0.05, 0) is 30.7 Å². The van der Waals surface area contributed by atoms with Crippen LogP contribution in [0.2, 0.25) is 0 Å². The molecule has 2 rings (SSSR count). The average Bonchev–Trinajstić information content (AvgIpc) is 2.02. The fourth-order valence-electron chi connectivity index (χ4n) is 1.45. The van der Waals surface area contributed by atoms with Gasteiger partial charge in [-0.15, -0.1) is 0 Å². The van der Waals surface area contributed by atoms with Gasteiger partial charge < -0.3 is 5.32 Å². The van der Waals surface area contributed by atoms with Crippen LogP contribution in [0.1, 0.15) is 23.7 Å². The molecular formula is C10H12N2. The van der Waals surface area contributed by atoms with E-state index in [0.29, 0.717) is 6.04 Å². The molecule has 2 nitrogen and oxygen atoms in total. The molecule has 1 aromatic heterocycles. The molecular weight excluding hydrogens is 148 g/mol. The van der Waals surface area contributed by atoms with Crippen molar-refractivity contribution in [2.75, 3.05) is 6.54 Å². The molecule has 1 aliphatic heterocycles. The van der Waals surface area contributed by atoms with E-state index in [4.69, 9.17) is 0 Å². The van der Waals surface area contributed by atoms with Crippen molar-refractivity contribution >= 4 is 6.08 Å². The molecule has 62 valence electrons. The van der Waals surface area contributed by atoms with Crippen LogP contribution in [0.3, 0.4) is 0 Å². The monoisotopic (exact) mass is 160 g/mol. The molecule has 12 heavy (non-hydrogen) atoms. The number of pyridine rings is 1. The zero-order chi connectivity index (χ0) is 8.39. The molecule has 0 radical (unpaired) electrons. The Labute approximate surface area is 72.3 Å². The van der Waals surface area contributed by atoms with Gasteiger partial charge in [0.1, 0.15) is 0 Å². The van der Waals surface area contributed by atoms with Crippen molar-refractivity contribution in [3.05, 3.63) is 36.2 Å². The van der Waals surface area contributed by atoms with Crippen LogP contribution in [-0.4, -0.2) is 11.5 Å². The van der Waals surface area contributed by atoms with Gasteiger partial charge in [-0.3, -0.25) is 4.98 Å². The van der Waals surface area contributed by atoms with Crippen LogP contribution in [0, 0.1) is 0 Å². The van der Waals surface area contributed by atoms with E-state index < -0.39 is 0 Å². The summed E-state index contributed by atoms with van der Waals surface area (Å²) in [5.74, 6) is 0. The van der Waals surface area contributed by atoms with Crippen LogP contribution >= 0.6 is 0 Å². The molecule has 2 heteroatoms. The highest BCUT2D eigenvalue weighted by Crippen LogP contribution is 2.24. The number of rotatable bonds is 2. The summed E-state index contributed by atoms with van der Waals surface area (Å²) in [6, 6.07) is 4.59. The summed E-state index contributed by atoms with van der Waals surface area (Å²) < 4.78 is 0. The molecule has 0 saturated carbocycles. The Balaban J connectivity index is 2.33. The average molecular weight is 160 g/mol. The Kier molecular flexibility index (Phi) is 1.92. The fourth-order valence-corrected chi connectivity index (χ4v) is 1.45. The second-order valence-corrected chi connectivity index (χ2v) is 2.98. The molecule has 1 fully saturated rings. The molecule has 0 aromatic carbocycles. The van der Waals surface area contributed by atoms with Gasteiger partial charge in [-0.2, -0.15) is 0 Å². The lowest BCUT2D eigenvalue weighted by molar-refractivity contribution is 0.382. The minimum atomic E-state index is 0.506. The van der Waals surface area contributed by atoms with Gasteiger partial charge in [0.05, 0.1) is 5.69 Å². The van der Waals surface area contributed by atoms with Crippen LogP contribution in [0.4, 0.5) is 0 Å². The summed E-state index contributed by atoms with van der Waals surface area (Å²) in [4.78, 5) is 4.24. The van der Waals surface area contributed by atoms with Gasteiger partial charge >= 0.3 is 0 Å². The normalized spacial score (nSPS) is 21.5. The zero-order valence-electron chi connectivity index (χ0n) is 6.96. The smallest absolute Gasteiger partial charge is 0.0671 e. The molecule has 2 heterocycles. The van der Waals surface area contributed by atoms with Gasteiger partial charge in [0.2, 0.25) is 0 Å². The first kappa shape index (κ1) is 7.50. The van der Waals surface area contributed by atoms with Crippen molar-refractivity contribution in [1.82, 2.24) is 10.3 Å². The molecule has 1 atom stereocenters. The topological polar surface area (TPSA) is 24.9 Å². The highest BCUT2D eigenvalue weighted by molar-refractivity contribution is 5.48. The lowest BCUT2D eigenvalue weighted by atomic mass is 9.97. The molecule has 1 saturated heterocycles. The minimum absolute atomic E-state index is 0.506. The van der Waals surface area contributed by atoms with E-state index in [-0.39, 0.29) is 0 Å². The third-order valence-electron chi connectivity index (χ3n) is 2.26. The van der Waals surface area contributed by atoms with Crippen molar-refractivity contribution < 1.29 is 0 Å². The van der Waals surface area contributed by atoms with Gasteiger partial charge in [-0.25, -0.2) is 0 Å². The van der Waals surface area contributed by atoms with Gasteiger partial charge in [0, 0.05) is 12.2 Å². The van der Waals surface area contributed by atoms with E-state index in [1.54, 1.807) is 6.20 Å². The third kappa shape index (κ3) is 1.14. The first-order valence-electron chi connectivity index (χ1n) is 4.22. The largest absolute Gasteiger partial charge is 0.310 e. The highest BCUT2D eigenvalue weighted by atomic mass is 15.0. The van der Waals surface area contributed by atoms with Crippen LogP contribution in [0.25, 0.3) is 6.08 Å². The van der Waals surface area contributed by atoms with E-state index in [1.807, 2.05) is 12.1 Å². The van der Waals surface area contributed by atoms with E-state index in [9.17, 15) is 0 Å². The molecule has 0 aliphatic carbocycles. The highest BCUT2D eigenvalue weighted by Gasteiger charge is 2.20. The van der Waals surface area contributed by atoms with E-state index in [0.717, 1.165) is 12.2 Å². The predicted molar refractivity (Wildman–Crippen MR) is 49.7 cm³/mol. The summed E-state index contributed by atoms with van der Waals surface area (Å²) >= 11 is 0. The number of nitrogens with zero attached hydrogens (tertiary/aromatic N) is 1. The van der Waals surface area contributed by atoms with Crippen molar-refractivity contribution in [2.45, 2.75) is 12.5 Å². The number of hydrogen-bond donors (Lipinski definition) is 1. The number of nitrogens with one attached hydrogen (secondary N) is 1. The number of hydrogen-bond acceptors (Lipinski definition) is 2. The van der Waals surface area contributed by atoms with Crippen molar-refractivity contribution in [3.63, 3.8) is 0 Å². The van der Waals surface area contributed by atoms with Crippen LogP contribution in [0.15, 0.2) is 24.9 Å². The van der Waals surface area contributed by atoms with E-state index in [1.165, 1.54) is 12.0 Å². The molecule has 1 unspecified atom stereocenters. The third-order valence-corrected chi connectivity index (χ3v) is 2.26. The lowest BCUT2D eigenvalue weighted by Gasteiger charge is -2.28. The Hall–Kier alpha value is -1.15. The fraction of sp³-hybridized carbons (Fsp3) is 0.300. The standard InChI is InChI=1S/C10H12N2/c1-2-9-8(4-3-6-11-9)10-5-7-12-10/h2-4,6,10,12H,1,5,7H2. The summed E-state index contributed by atoms with van der Waals surface area (Å²) in [6.45, 7) is 4.86. The quantitative estimate of drug-likeness (QED) is 0.713. The maximum absolute atomic E-state index is 4.24. The van der Waals surface area contributed by atoms with Crippen molar-refractivity contribution in [1.29, 1.82) is 0 Å². The Morgan fingerprint density at radius 3 is 3.08 bits per heavy atom. The molecule has 1 aliphatic rings. The zero-order valence-corrected chi connectivity index (χ0v) is 6.96. The van der Waals surface area contributed by atoms with Crippen LogP contribution < -0.4 is 5.32 Å². The maximum atomic E-state index is 4.24. The van der Waals surface area contributed by atoms with Gasteiger partial charge in [0.25, 0.3) is 0 Å². The molecule has 0 bridgehead atoms. The first-order valence-corrected chi connectivity index (χ1v) is 4.22. The Morgan fingerprint density at radius 2 is 2.50 bits per heavy atom. The summed E-state index contributed by atoms with van der Waals surface area (Å²) in [7, 11) is 0. The number of aromatic nitrogens is 1. The molecule has 1 aromatic rings. The SMILES string of the molecule is C=Cc1ncccc1C1CCN1. The van der Waals surface area contributed by atoms with Gasteiger partial charge in [0.15, 0.2) is 0 Å². The van der Waals surface area contributed by atoms with E-state index >= 15 is 0 Å². The van der Waals surface area contributed by atoms with Gasteiger partial charge in [-0.1, -0.05) is 12.6 Å². The second-order valence-electron chi connectivity index (χ2n) is 2.98. The summed E-state index contributed by atoms with van der Waals surface area (Å²) in [5, 5.41) is 3.35. The lowest BCUT2D eigenvalue weighted by Crippen LogP contribution is -2.35. The predicted octanol–water partition coefficient (Wildman–Crippen LogP) is 1.76. The first-order chi connectivity index (χ1) is 5.92. The van der Waals surface area contributed by atoms with Crippen molar-refractivity contribution in [2.24, 2.45) is 0 Å². The summed E-state index contributed by atoms with van der Waals surface area (Å²) in [5.41, 5.74) is 2.29. The summed E-state index contributed by atoms with van der Waals surface area (Å²) in [6.07, 6.45) is 4.83. The van der Waals surface area contributed by atoms with Crippen LogP contribution in [0.5, 0.6) is 0 Å². The molecule has 1 N–H and O–H groups in total. The molecule has 0 amide bonds. The van der Waals surface area contributed by atoms with E-state index in [2.05, 4.69) is 22.9 Å².